The van der Waals surface area contributed by atoms with Gasteiger partial charge in [0.05, 0.1) is 4.88 Å². The Morgan fingerprint density at radius 3 is 3.06 bits per heavy atom. The van der Waals surface area contributed by atoms with E-state index in [1.807, 2.05) is 6.07 Å². The molecule has 0 aliphatic heterocycles. The maximum atomic E-state index is 11.2. The molecule has 0 saturated heterocycles. The van der Waals surface area contributed by atoms with Crippen LogP contribution in [0.25, 0.3) is 0 Å². The van der Waals surface area contributed by atoms with E-state index in [4.69, 9.17) is 11.7 Å². The molecule has 90 valence electrons. The molecule has 0 unspecified atom stereocenters. The number of amides is 1. The van der Waals surface area contributed by atoms with Crippen molar-refractivity contribution in [2.45, 2.75) is 10.9 Å². The summed E-state index contributed by atoms with van der Waals surface area (Å²) in [6.45, 7) is 0. The Bertz CT molecular complexity index is 522. The lowest BCUT2D eigenvalue weighted by Gasteiger charge is -1.97. The predicted octanol–water partition coefficient (Wildman–Crippen LogP) is -0.0508. The third-order valence-electron chi connectivity index (χ3n) is 1.90. The van der Waals surface area contributed by atoms with Crippen LogP contribution in [0.1, 0.15) is 14.5 Å². The van der Waals surface area contributed by atoms with Gasteiger partial charge < -0.3 is 5.84 Å². The van der Waals surface area contributed by atoms with E-state index in [1.54, 1.807) is 6.07 Å². The number of thioether (sulfide) groups is 1. The van der Waals surface area contributed by atoms with E-state index < -0.39 is 0 Å². The molecular weight excluding hydrogens is 260 g/mol. The van der Waals surface area contributed by atoms with Gasteiger partial charge in [0.15, 0.2) is 0 Å². The third-order valence-corrected chi connectivity index (χ3v) is 4.17. The van der Waals surface area contributed by atoms with Crippen molar-refractivity contribution >= 4 is 29.0 Å². The molecule has 2 aromatic rings. The van der Waals surface area contributed by atoms with E-state index in [9.17, 15) is 4.79 Å². The van der Waals surface area contributed by atoms with Crippen molar-refractivity contribution in [3.63, 3.8) is 0 Å². The number of hydrazine groups is 1. The van der Waals surface area contributed by atoms with Crippen LogP contribution in [-0.4, -0.2) is 20.8 Å². The summed E-state index contributed by atoms with van der Waals surface area (Å²) < 4.78 is 1.35. The fourth-order valence-corrected chi connectivity index (χ4v) is 2.91. The zero-order valence-corrected chi connectivity index (χ0v) is 10.3. The van der Waals surface area contributed by atoms with Gasteiger partial charge in [-0.15, -0.1) is 21.5 Å². The SMILES string of the molecule is NNC(=O)c1ccc(CSc2nncn2N)s1. The van der Waals surface area contributed by atoms with Crippen molar-refractivity contribution in [3.8, 4) is 0 Å². The van der Waals surface area contributed by atoms with Crippen LogP contribution in [-0.2, 0) is 5.75 Å². The maximum absolute atomic E-state index is 11.2. The third kappa shape index (κ3) is 2.75. The fraction of sp³-hybridized carbons (Fsp3) is 0.125. The molecule has 0 saturated carbocycles. The minimum atomic E-state index is -0.284. The van der Waals surface area contributed by atoms with Crippen molar-refractivity contribution in [1.82, 2.24) is 20.3 Å². The highest BCUT2D eigenvalue weighted by Crippen LogP contribution is 2.24. The van der Waals surface area contributed by atoms with E-state index in [-0.39, 0.29) is 5.91 Å². The van der Waals surface area contributed by atoms with E-state index in [0.29, 0.717) is 15.8 Å². The van der Waals surface area contributed by atoms with Crippen LogP contribution in [0.3, 0.4) is 0 Å². The lowest BCUT2D eigenvalue weighted by molar-refractivity contribution is 0.0957. The molecule has 2 aromatic heterocycles. The quantitative estimate of drug-likeness (QED) is 0.311. The topological polar surface area (TPSA) is 112 Å². The van der Waals surface area contributed by atoms with Gasteiger partial charge in [0.1, 0.15) is 6.33 Å². The Morgan fingerprint density at radius 1 is 1.59 bits per heavy atom. The summed E-state index contributed by atoms with van der Waals surface area (Å²) in [4.78, 5) is 12.9. The van der Waals surface area contributed by atoms with Gasteiger partial charge in [-0.25, -0.2) is 10.5 Å². The largest absolute Gasteiger partial charge is 0.336 e. The molecule has 9 heteroatoms. The Balaban J connectivity index is 1.98. The molecular formula is C8H10N6OS2. The maximum Gasteiger partial charge on any atom is 0.275 e. The zero-order valence-electron chi connectivity index (χ0n) is 8.66. The van der Waals surface area contributed by atoms with Gasteiger partial charge in [-0.3, -0.25) is 10.2 Å². The second-order valence-electron chi connectivity index (χ2n) is 3.05. The lowest BCUT2D eigenvalue weighted by Crippen LogP contribution is -2.29. The average Bonchev–Trinajstić information content (AvgIpc) is 2.94. The van der Waals surface area contributed by atoms with Crippen molar-refractivity contribution in [2.75, 3.05) is 5.84 Å². The zero-order chi connectivity index (χ0) is 12.3. The van der Waals surface area contributed by atoms with Gasteiger partial charge in [-0.2, -0.15) is 0 Å². The smallest absolute Gasteiger partial charge is 0.275 e. The number of nitrogens with two attached hydrogens (primary N) is 2. The highest BCUT2D eigenvalue weighted by molar-refractivity contribution is 7.98. The lowest BCUT2D eigenvalue weighted by atomic mass is 10.4. The van der Waals surface area contributed by atoms with Crippen LogP contribution in [0.2, 0.25) is 0 Å². The first-order valence-corrected chi connectivity index (χ1v) is 6.38. The molecule has 17 heavy (non-hydrogen) atoms. The van der Waals surface area contributed by atoms with Crippen LogP contribution in [0.5, 0.6) is 0 Å². The Labute approximate surface area is 105 Å². The second kappa shape index (κ2) is 5.17. The van der Waals surface area contributed by atoms with Crippen molar-refractivity contribution in [1.29, 1.82) is 0 Å². The van der Waals surface area contributed by atoms with Gasteiger partial charge in [0.25, 0.3) is 5.91 Å². The second-order valence-corrected chi connectivity index (χ2v) is 5.16. The molecule has 0 aliphatic carbocycles. The molecule has 0 fully saturated rings. The number of aromatic nitrogens is 3. The molecule has 0 atom stereocenters. The first-order chi connectivity index (χ1) is 8.20. The normalized spacial score (nSPS) is 10.4. The molecule has 0 radical (unpaired) electrons. The predicted molar refractivity (Wildman–Crippen MR) is 65.7 cm³/mol. The van der Waals surface area contributed by atoms with Gasteiger partial charge in [-0.1, -0.05) is 11.8 Å². The summed E-state index contributed by atoms with van der Waals surface area (Å²) in [5.41, 5.74) is 2.09. The first-order valence-electron chi connectivity index (χ1n) is 4.58. The van der Waals surface area contributed by atoms with Gasteiger partial charge in [0.2, 0.25) is 5.16 Å². The van der Waals surface area contributed by atoms with Crippen LogP contribution in [0.4, 0.5) is 0 Å². The fourth-order valence-electron chi connectivity index (χ4n) is 1.12. The first kappa shape index (κ1) is 11.9. The monoisotopic (exact) mass is 270 g/mol. The molecule has 2 heterocycles. The Hall–Kier alpha value is -1.58. The van der Waals surface area contributed by atoms with Crippen LogP contribution >= 0.6 is 23.1 Å². The summed E-state index contributed by atoms with van der Waals surface area (Å²) in [6.07, 6.45) is 1.43. The summed E-state index contributed by atoms with van der Waals surface area (Å²) >= 11 is 2.83. The Morgan fingerprint density at radius 2 is 2.41 bits per heavy atom. The highest BCUT2D eigenvalue weighted by Gasteiger charge is 2.09. The highest BCUT2D eigenvalue weighted by atomic mass is 32.2. The Kier molecular flexibility index (Phi) is 3.61. The summed E-state index contributed by atoms with van der Waals surface area (Å²) in [6, 6.07) is 3.61. The van der Waals surface area contributed by atoms with Crippen molar-refractivity contribution < 1.29 is 4.79 Å². The van der Waals surface area contributed by atoms with Crippen molar-refractivity contribution in [3.05, 3.63) is 28.2 Å². The summed E-state index contributed by atoms with van der Waals surface area (Å²) in [7, 11) is 0. The number of rotatable bonds is 4. The van der Waals surface area contributed by atoms with E-state index in [1.165, 1.54) is 34.1 Å². The van der Waals surface area contributed by atoms with Crippen LogP contribution in [0, 0.1) is 0 Å². The molecule has 0 aromatic carbocycles. The number of hydrogen-bond acceptors (Lipinski definition) is 7. The number of nitrogen functional groups attached to an aromatic ring is 2. The molecule has 0 aliphatic rings. The van der Waals surface area contributed by atoms with Gasteiger partial charge >= 0.3 is 0 Å². The molecule has 7 nitrogen and oxygen atoms in total. The number of hydrogen-bond donors (Lipinski definition) is 3. The number of carbonyl (C=O) groups is 1. The number of thiophene rings is 1. The molecule has 2 rings (SSSR count). The molecule has 0 bridgehead atoms. The summed E-state index contributed by atoms with van der Waals surface area (Å²) in [5, 5.41) is 8.14. The average molecular weight is 270 g/mol. The number of nitrogens with zero attached hydrogens (tertiary/aromatic N) is 3. The van der Waals surface area contributed by atoms with Crippen molar-refractivity contribution in [2.24, 2.45) is 5.84 Å². The van der Waals surface area contributed by atoms with E-state index in [0.717, 1.165) is 4.88 Å². The molecule has 5 N–H and O–H groups in total. The van der Waals surface area contributed by atoms with E-state index in [2.05, 4.69) is 15.6 Å². The number of carbonyl (C=O) groups excluding carboxylic acids is 1. The molecule has 1 amide bonds. The van der Waals surface area contributed by atoms with Crippen LogP contribution in [0.15, 0.2) is 23.6 Å². The van der Waals surface area contributed by atoms with Gasteiger partial charge in [-0.05, 0) is 12.1 Å². The minimum absolute atomic E-state index is 0.284. The van der Waals surface area contributed by atoms with Gasteiger partial charge in [0, 0.05) is 10.6 Å². The van der Waals surface area contributed by atoms with E-state index >= 15 is 0 Å². The minimum Gasteiger partial charge on any atom is -0.336 e. The standard InChI is InChI=1S/C8H10N6OS2/c9-12-7(15)6-2-1-5(17-6)3-16-8-13-11-4-14(8)10/h1-2,4H,3,9-10H2,(H,12,15). The van der Waals surface area contributed by atoms with Crippen LogP contribution < -0.4 is 17.1 Å². The number of nitrogens with one attached hydrogen (secondary N) is 1. The summed E-state index contributed by atoms with van der Waals surface area (Å²) in [5.74, 6) is 11.0. The molecule has 0 spiro atoms.